The van der Waals surface area contributed by atoms with E-state index in [1.54, 1.807) is 12.1 Å². The third-order valence-corrected chi connectivity index (χ3v) is 4.99. The molecule has 3 N–H and O–H groups in total. The summed E-state index contributed by atoms with van der Waals surface area (Å²) in [6.07, 6.45) is -4.50. The average molecular weight is 428 g/mol. The quantitative estimate of drug-likeness (QED) is 0.471. The molecule has 0 aliphatic carbocycles. The molecule has 0 spiro atoms. The van der Waals surface area contributed by atoms with Crippen molar-refractivity contribution in [1.29, 1.82) is 0 Å². The van der Waals surface area contributed by atoms with Crippen molar-refractivity contribution in [2.75, 3.05) is 11.2 Å². The number of aromatic nitrogens is 3. The molecule has 3 aromatic rings. The lowest BCUT2D eigenvalue weighted by Crippen LogP contribution is -2.32. The van der Waals surface area contributed by atoms with Crippen LogP contribution in [0.15, 0.2) is 58.5 Å². The number of hydrogen-bond acceptors (Lipinski definition) is 6. The second-order valence-corrected chi connectivity index (χ2v) is 6.94. The number of halogens is 4. The van der Waals surface area contributed by atoms with Gasteiger partial charge in [-0.3, -0.25) is 4.79 Å². The summed E-state index contributed by atoms with van der Waals surface area (Å²) in [5.41, 5.74) is -0.716. The van der Waals surface area contributed by atoms with Crippen LogP contribution in [0.25, 0.3) is 0 Å². The Morgan fingerprint density at radius 3 is 2.61 bits per heavy atom. The van der Waals surface area contributed by atoms with Crippen LogP contribution in [-0.2, 0) is 11.9 Å². The molecule has 0 aliphatic rings. The van der Waals surface area contributed by atoms with E-state index in [4.69, 9.17) is 17.4 Å². The fourth-order valence-electron chi connectivity index (χ4n) is 2.23. The van der Waals surface area contributed by atoms with E-state index in [0.717, 1.165) is 34.1 Å². The molecule has 0 atom stereocenters. The third kappa shape index (κ3) is 4.57. The van der Waals surface area contributed by atoms with Crippen LogP contribution >= 0.6 is 23.4 Å². The number of thioether (sulfide) groups is 1. The van der Waals surface area contributed by atoms with Gasteiger partial charge in [0.15, 0.2) is 0 Å². The van der Waals surface area contributed by atoms with E-state index in [9.17, 15) is 18.0 Å². The molecule has 0 radical (unpaired) electrons. The van der Waals surface area contributed by atoms with Gasteiger partial charge in [-0.1, -0.05) is 47.6 Å². The first-order chi connectivity index (χ1) is 13.3. The van der Waals surface area contributed by atoms with Gasteiger partial charge < -0.3 is 11.2 Å². The van der Waals surface area contributed by atoms with Crippen molar-refractivity contribution in [1.82, 2.24) is 14.9 Å². The molecule has 1 heterocycles. The molecule has 3 rings (SSSR count). The molecule has 0 saturated heterocycles. The van der Waals surface area contributed by atoms with E-state index >= 15 is 0 Å². The highest BCUT2D eigenvalue weighted by atomic mass is 35.5. The van der Waals surface area contributed by atoms with E-state index in [0.29, 0.717) is 10.8 Å². The molecule has 0 bridgehead atoms. The lowest BCUT2D eigenvalue weighted by atomic mass is 10.2. The van der Waals surface area contributed by atoms with E-state index in [-0.39, 0.29) is 16.7 Å². The maximum Gasteiger partial charge on any atom is 0.416 e. The van der Waals surface area contributed by atoms with Crippen LogP contribution in [0.2, 0.25) is 5.02 Å². The summed E-state index contributed by atoms with van der Waals surface area (Å²) in [5.74, 6) is 5.89. The lowest BCUT2D eigenvalue weighted by molar-refractivity contribution is -0.137. The summed E-state index contributed by atoms with van der Waals surface area (Å²) in [7, 11) is 0. The highest BCUT2D eigenvalue weighted by molar-refractivity contribution is 7.98. The second kappa shape index (κ2) is 8.11. The molecule has 1 aromatic heterocycles. The number of nitrogens with one attached hydrogen (secondary N) is 1. The molecule has 0 aliphatic heterocycles. The summed E-state index contributed by atoms with van der Waals surface area (Å²) in [6, 6.07) is 11.6. The van der Waals surface area contributed by atoms with E-state index in [1.165, 1.54) is 12.1 Å². The summed E-state index contributed by atoms with van der Waals surface area (Å²) >= 11 is 7.24. The van der Waals surface area contributed by atoms with Crippen molar-refractivity contribution in [3.8, 4) is 0 Å². The minimum absolute atomic E-state index is 0.0395. The summed E-state index contributed by atoms with van der Waals surface area (Å²) < 4.78 is 39.2. The smallest absolute Gasteiger partial charge is 0.334 e. The Balaban J connectivity index is 1.79. The van der Waals surface area contributed by atoms with Crippen LogP contribution in [0.1, 0.15) is 11.1 Å². The van der Waals surface area contributed by atoms with Crippen LogP contribution in [0.4, 0.5) is 24.7 Å². The van der Waals surface area contributed by atoms with Crippen molar-refractivity contribution >= 4 is 34.9 Å². The Kier molecular flexibility index (Phi) is 5.80. The minimum Gasteiger partial charge on any atom is -0.334 e. The molecule has 0 amide bonds. The number of alkyl halides is 3. The number of nitrogen functional groups attached to an aromatic ring is 1. The molecular formula is C17H13ClF3N5OS. The zero-order valence-corrected chi connectivity index (χ0v) is 15.6. The number of anilines is 2. The zero-order valence-electron chi connectivity index (χ0n) is 14.1. The SMILES string of the molecule is Nn1c(SCc2ccccc2Cl)nnc(Nc2cccc(C(F)(F)F)c2)c1=O. The summed E-state index contributed by atoms with van der Waals surface area (Å²) in [6.45, 7) is 0. The molecule has 2 aromatic carbocycles. The first kappa shape index (κ1) is 20.0. The van der Waals surface area contributed by atoms with Gasteiger partial charge in [0.1, 0.15) is 0 Å². The standard InChI is InChI=1S/C17H13ClF3N5OS/c18-13-7-2-1-4-10(13)9-28-16-25-24-14(15(27)26(16)22)23-12-6-3-5-11(8-12)17(19,20)21/h1-8H,9,22H2,(H,23,24). The van der Waals surface area contributed by atoms with Gasteiger partial charge in [0, 0.05) is 16.5 Å². The number of nitrogens with two attached hydrogens (primary N) is 1. The molecule has 0 fully saturated rings. The van der Waals surface area contributed by atoms with Crippen LogP contribution in [0.3, 0.4) is 0 Å². The third-order valence-electron chi connectivity index (χ3n) is 3.63. The van der Waals surface area contributed by atoms with Gasteiger partial charge in [-0.25, -0.2) is 0 Å². The topological polar surface area (TPSA) is 85.8 Å². The van der Waals surface area contributed by atoms with Crippen molar-refractivity contribution in [3.63, 3.8) is 0 Å². The average Bonchev–Trinajstić information content (AvgIpc) is 2.66. The predicted molar refractivity (Wildman–Crippen MR) is 102 cm³/mol. The molecule has 6 nitrogen and oxygen atoms in total. The van der Waals surface area contributed by atoms with Gasteiger partial charge in [0.25, 0.3) is 0 Å². The highest BCUT2D eigenvalue weighted by Crippen LogP contribution is 2.31. The molecule has 0 saturated carbocycles. The molecule has 0 unspecified atom stereocenters. The molecule has 11 heteroatoms. The number of hydrogen-bond donors (Lipinski definition) is 2. The Labute approximate surface area is 166 Å². The van der Waals surface area contributed by atoms with Gasteiger partial charge >= 0.3 is 11.7 Å². The first-order valence-corrected chi connectivity index (χ1v) is 9.17. The van der Waals surface area contributed by atoms with Crippen LogP contribution in [-0.4, -0.2) is 14.9 Å². The zero-order chi connectivity index (χ0) is 20.3. The van der Waals surface area contributed by atoms with Crippen molar-refractivity contribution in [2.24, 2.45) is 0 Å². The normalized spacial score (nSPS) is 11.4. The van der Waals surface area contributed by atoms with Crippen molar-refractivity contribution < 1.29 is 13.2 Å². The van der Waals surface area contributed by atoms with E-state index in [2.05, 4.69) is 15.5 Å². The fourth-order valence-corrected chi connectivity index (χ4v) is 3.37. The van der Waals surface area contributed by atoms with E-state index in [1.807, 2.05) is 12.1 Å². The monoisotopic (exact) mass is 427 g/mol. The predicted octanol–water partition coefficient (Wildman–Crippen LogP) is 4.06. The maximum absolute atomic E-state index is 12.8. The van der Waals surface area contributed by atoms with Gasteiger partial charge in [-0.15, -0.1) is 10.2 Å². The summed E-state index contributed by atoms with van der Waals surface area (Å²) in [4.78, 5) is 12.4. The van der Waals surface area contributed by atoms with Gasteiger partial charge in [-0.2, -0.15) is 17.8 Å². The Hall–Kier alpha value is -2.72. The lowest BCUT2D eigenvalue weighted by Gasteiger charge is -2.11. The molecule has 146 valence electrons. The largest absolute Gasteiger partial charge is 0.416 e. The molecular weight excluding hydrogens is 415 g/mol. The Morgan fingerprint density at radius 2 is 1.89 bits per heavy atom. The minimum atomic E-state index is -4.50. The molecule has 28 heavy (non-hydrogen) atoms. The van der Waals surface area contributed by atoms with Crippen LogP contribution in [0, 0.1) is 0 Å². The Bertz CT molecular complexity index is 1060. The van der Waals surface area contributed by atoms with E-state index < -0.39 is 17.3 Å². The van der Waals surface area contributed by atoms with Gasteiger partial charge in [0.2, 0.25) is 11.0 Å². The van der Waals surface area contributed by atoms with Crippen molar-refractivity contribution in [3.05, 3.63) is 75.0 Å². The summed E-state index contributed by atoms with van der Waals surface area (Å²) in [5, 5.41) is 10.8. The number of nitrogens with zero attached hydrogens (tertiary/aromatic N) is 3. The maximum atomic E-state index is 12.8. The first-order valence-electron chi connectivity index (χ1n) is 7.81. The second-order valence-electron chi connectivity index (χ2n) is 5.59. The Morgan fingerprint density at radius 1 is 1.14 bits per heavy atom. The van der Waals surface area contributed by atoms with Crippen LogP contribution < -0.4 is 16.7 Å². The van der Waals surface area contributed by atoms with Crippen LogP contribution in [0.5, 0.6) is 0 Å². The number of benzene rings is 2. The van der Waals surface area contributed by atoms with Gasteiger partial charge in [0.05, 0.1) is 5.56 Å². The highest BCUT2D eigenvalue weighted by Gasteiger charge is 2.30. The van der Waals surface area contributed by atoms with Crippen molar-refractivity contribution in [2.45, 2.75) is 17.1 Å². The van der Waals surface area contributed by atoms with Gasteiger partial charge in [-0.05, 0) is 29.8 Å². The number of rotatable bonds is 5. The fraction of sp³-hybridized carbons (Fsp3) is 0.118.